The van der Waals surface area contributed by atoms with Gasteiger partial charge < -0.3 is 19.8 Å². The third-order valence-corrected chi connectivity index (χ3v) is 4.25. The van der Waals surface area contributed by atoms with Gasteiger partial charge in [0.2, 0.25) is 0 Å². The Morgan fingerprint density at radius 2 is 1.74 bits per heavy atom. The molecular weight excluding hydrogens is 317 g/mol. The summed E-state index contributed by atoms with van der Waals surface area (Å²) >= 11 is 0. The number of benzene rings is 2. The summed E-state index contributed by atoms with van der Waals surface area (Å²) in [6, 6.07) is 14.7. The molecule has 0 saturated heterocycles. The lowest BCUT2D eigenvalue weighted by atomic mass is 10.2. The minimum absolute atomic E-state index is 0.285. The van der Waals surface area contributed by atoms with Crippen molar-refractivity contribution in [2.75, 3.05) is 11.9 Å². The molecule has 1 unspecified atom stereocenters. The zero-order valence-corrected chi connectivity index (χ0v) is 13.4. The van der Waals surface area contributed by atoms with Crippen molar-refractivity contribution in [1.29, 1.82) is 0 Å². The molecule has 2 aromatic rings. The van der Waals surface area contributed by atoms with Gasteiger partial charge in [-0.3, -0.25) is 4.57 Å². The Morgan fingerprint density at radius 1 is 1.13 bits per heavy atom. The van der Waals surface area contributed by atoms with Gasteiger partial charge in [-0.25, -0.2) is 4.79 Å². The van der Waals surface area contributed by atoms with Crippen LogP contribution in [0.15, 0.2) is 54.6 Å². The summed E-state index contributed by atoms with van der Waals surface area (Å²) in [4.78, 5) is 30.8. The lowest BCUT2D eigenvalue weighted by Crippen LogP contribution is -2.11. The van der Waals surface area contributed by atoms with Gasteiger partial charge in [0.15, 0.2) is 5.78 Å². The Bertz CT molecular complexity index is 696. The van der Waals surface area contributed by atoms with Gasteiger partial charge in [0.25, 0.3) is 0 Å². The minimum atomic E-state index is -4.41. The molecule has 0 fully saturated rings. The summed E-state index contributed by atoms with van der Waals surface area (Å²) < 4.78 is 16.6. The maximum atomic E-state index is 11.8. The van der Waals surface area contributed by atoms with E-state index in [-0.39, 0.29) is 6.61 Å². The summed E-state index contributed by atoms with van der Waals surface area (Å²) in [7, 11) is -4.41. The molecule has 0 heterocycles. The Balaban J connectivity index is 2.21. The third-order valence-electron chi connectivity index (χ3n) is 3.15. The summed E-state index contributed by atoms with van der Waals surface area (Å²) in [6.07, 6.45) is 0. The molecule has 2 aromatic carbocycles. The largest absolute Gasteiger partial charge is 0.462 e. The van der Waals surface area contributed by atoms with Crippen molar-refractivity contribution in [3.63, 3.8) is 0 Å². The SMILES string of the molecule is CCOC(=O)c1ccc(NC(c2ccccc2)P(=O)(O)O)cc1. The molecule has 0 saturated carbocycles. The Labute approximate surface area is 134 Å². The fourth-order valence-corrected chi connectivity index (χ4v) is 2.95. The second-order valence-corrected chi connectivity index (χ2v) is 6.54. The number of nitrogens with one attached hydrogen (secondary N) is 1. The van der Waals surface area contributed by atoms with E-state index in [9.17, 15) is 19.1 Å². The molecule has 23 heavy (non-hydrogen) atoms. The van der Waals surface area contributed by atoms with E-state index in [1.54, 1.807) is 61.5 Å². The highest BCUT2D eigenvalue weighted by molar-refractivity contribution is 7.52. The fraction of sp³-hybridized carbons (Fsp3) is 0.188. The summed E-state index contributed by atoms with van der Waals surface area (Å²) in [5.74, 6) is -1.59. The van der Waals surface area contributed by atoms with E-state index >= 15 is 0 Å². The zero-order chi connectivity index (χ0) is 16.9. The molecule has 6 nitrogen and oxygen atoms in total. The molecule has 0 bridgehead atoms. The van der Waals surface area contributed by atoms with E-state index < -0.39 is 19.3 Å². The van der Waals surface area contributed by atoms with E-state index in [1.807, 2.05) is 0 Å². The molecule has 0 radical (unpaired) electrons. The second kappa shape index (κ2) is 7.42. The van der Waals surface area contributed by atoms with E-state index in [2.05, 4.69) is 5.32 Å². The van der Waals surface area contributed by atoms with Gasteiger partial charge in [0.1, 0.15) is 0 Å². The number of carbonyl (C=O) groups is 1. The van der Waals surface area contributed by atoms with Crippen LogP contribution in [0.5, 0.6) is 0 Å². The molecule has 3 N–H and O–H groups in total. The number of ether oxygens (including phenoxy) is 1. The summed E-state index contributed by atoms with van der Waals surface area (Å²) in [5.41, 5.74) is 1.36. The van der Waals surface area contributed by atoms with Crippen molar-refractivity contribution in [3.05, 3.63) is 65.7 Å². The lowest BCUT2D eigenvalue weighted by molar-refractivity contribution is 0.0526. The first-order chi connectivity index (χ1) is 10.9. The highest BCUT2D eigenvalue weighted by Crippen LogP contribution is 2.51. The highest BCUT2D eigenvalue weighted by atomic mass is 31.2. The van der Waals surface area contributed by atoms with Crippen molar-refractivity contribution in [1.82, 2.24) is 0 Å². The van der Waals surface area contributed by atoms with Gasteiger partial charge in [-0.15, -0.1) is 0 Å². The van der Waals surface area contributed by atoms with Crippen LogP contribution in [0.3, 0.4) is 0 Å². The first-order valence-corrected chi connectivity index (χ1v) is 8.74. The Kier molecular flexibility index (Phi) is 5.55. The number of esters is 1. The average molecular weight is 335 g/mol. The van der Waals surface area contributed by atoms with Crippen LogP contribution in [0.25, 0.3) is 0 Å². The first-order valence-electron chi connectivity index (χ1n) is 7.05. The van der Waals surface area contributed by atoms with E-state index in [4.69, 9.17) is 4.74 Å². The third kappa shape index (κ3) is 4.66. The molecule has 0 aliphatic heterocycles. The highest BCUT2D eigenvalue weighted by Gasteiger charge is 2.30. The van der Waals surface area contributed by atoms with Crippen LogP contribution in [0.4, 0.5) is 5.69 Å². The quantitative estimate of drug-likeness (QED) is 0.554. The Morgan fingerprint density at radius 3 is 2.26 bits per heavy atom. The maximum absolute atomic E-state index is 11.8. The summed E-state index contributed by atoms with van der Waals surface area (Å²) in [5, 5.41) is 2.82. The first kappa shape index (κ1) is 17.2. The van der Waals surface area contributed by atoms with Crippen LogP contribution in [-0.2, 0) is 9.30 Å². The molecular formula is C16H18NO5P. The van der Waals surface area contributed by atoms with E-state index in [1.165, 1.54) is 0 Å². The molecule has 2 rings (SSSR count). The topological polar surface area (TPSA) is 95.9 Å². The molecule has 7 heteroatoms. The second-order valence-electron chi connectivity index (χ2n) is 4.84. The minimum Gasteiger partial charge on any atom is -0.462 e. The normalized spacial score (nSPS) is 12.5. The van der Waals surface area contributed by atoms with Crippen molar-refractivity contribution in [2.24, 2.45) is 0 Å². The monoisotopic (exact) mass is 335 g/mol. The molecule has 0 aromatic heterocycles. The van der Waals surface area contributed by atoms with Crippen molar-refractivity contribution < 1.29 is 23.9 Å². The van der Waals surface area contributed by atoms with Crippen molar-refractivity contribution in [2.45, 2.75) is 12.7 Å². The van der Waals surface area contributed by atoms with Crippen LogP contribution >= 0.6 is 7.60 Å². The van der Waals surface area contributed by atoms with Crippen LogP contribution in [0.2, 0.25) is 0 Å². The standard InChI is InChI=1S/C16H18NO5P/c1-2-22-16(18)13-8-10-14(11-9-13)17-15(23(19,20)21)12-6-4-3-5-7-12/h3-11,15,17H,2H2,1H3,(H2,19,20,21). The Hall–Kier alpha value is -2.14. The smallest absolute Gasteiger partial charge is 0.352 e. The maximum Gasteiger partial charge on any atom is 0.352 e. The van der Waals surface area contributed by atoms with Gasteiger partial charge in [0, 0.05) is 5.69 Å². The van der Waals surface area contributed by atoms with E-state index in [0.29, 0.717) is 16.8 Å². The average Bonchev–Trinajstić information content (AvgIpc) is 2.53. The van der Waals surface area contributed by atoms with Crippen molar-refractivity contribution >= 4 is 19.3 Å². The predicted octanol–water partition coefficient (Wildman–Crippen LogP) is 3.15. The van der Waals surface area contributed by atoms with Crippen LogP contribution in [0.1, 0.15) is 28.6 Å². The van der Waals surface area contributed by atoms with Crippen LogP contribution in [0, 0.1) is 0 Å². The van der Waals surface area contributed by atoms with Gasteiger partial charge in [-0.2, -0.15) is 0 Å². The summed E-state index contributed by atoms with van der Waals surface area (Å²) in [6.45, 7) is 2.01. The number of carbonyl (C=O) groups excluding carboxylic acids is 1. The molecule has 0 spiro atoms. The number of hydrogen-bond acceptors (Lipinski definition) is 4. The predicted molar refractivity (Wildman–Crippen MR) is 87.2 cm³/mol. The van der Waals surface area contributed by atoms with Crippen molar-refractivity contribution in [3.8, 4) is 0 Å². The van der Waals surface area contributed by atoms with Crippen LogP contribution < -0.4 is 5.32 Å². The zero-order valence-electron chi connectivity index (χ0n) is 12.5. The van der Waals surface area contributed by atoms with Gasteiger partial charge >= 0.3 is 13.6 Å². The number of anilines is 1. The molecule has 0 amide bonds. The number of hydrogen-bond donors (Lipinski definition) is 3. The van der Waals surface area contributed by atoms with Gasteiger partial charge in [-0.05, 0) is 36.8 Å². The van der Waals surface area contributed by atoms with Crippen LogP contribution in [-0.4, -0.2) is 22.4 Å². The fourth-order valence-electron chi connectivity index (χ4n) is 2.07. The molecule has 122 valence electrons. The number of rotatable bonds is 6. The molecule has 1 atom stereocenters. The molecule has 0 aliphatic carbocycles. The van der Waals surface area contributed by atoms with Gasteiger partial charge in [-0.1, -0.05) is 30.3 Å². The molecule has 0 aliphatic rings. The lowest BCUT2D eigenvalue weighted by Gasteiger charge is -2.21. The van der Waals surface area contributed by atoms with Gasteiger partial charge in [0.05, 0.1) is 12.2 Å². The van der Waals surface area contributed by atoms with E-state index in [0.717, 1.165) is 0 Å².